The lowest BCUT2D eigenvalue weighted by molar-refractivity contribution is -0.146. The molecule has 2 rings (SSSR count). The number of allylic oxidation sites excluding steroid dienone is 2. The van der Waals surface area contributed by atoms with Crippen molar-refractivity contribution in [3.63, 3.8) is 0 Å². The smallest absolute Gasteiger partial charge is 0.334 e. The number of fused-ring (bicyclic) bond motifs is 1. The van der Waals surface area contributed by atoms with E-state index in [1.54, 1.807) is 0 Å². The van der Waals surface area contributed by atoms with Gasteiger partial charge >= 0.3 is 11.9 Å². The van der Waals surface area contributed by atoms with Crippen molar-refractivity contribution in [1.82, 2.24) is 0 Å². The van der Waals surface area contributed by atoms with Gasteiger partial charge in [0.25, 0.3) is 0 Å². The highest BCUT2D eigenvalue weighted by atomic mass is 16.6. The van der Waals surface area contributed by atoms with Gasteiger partial charge in [0.1, 0.15) is 12.2 Å². The van der Waals surface area contributed by atoms with Gasteiger partial charge in [-0.3, -0.25) is 0 Å². The number of hydrogen-bond acceptors (Lipinski definition) is 6. The van der Waals surface area contributed by atoms with Gasteiger partial charge in [-0.15, -0.1) is 0 Å². The Labute approximate surface area is 153 Å². The van der Waals surface area contributed by atoms with E-state index in [2.05, 4.69) is 12.7 Å². The van der Waals surface area contributed by atoms with Crippen LogP contribution in [0.5, 0.6) is 0 Å². The van der Waals surface area contributed by atoms with Crippen LogP contribution in [0.4, 0.5) is 0 Å². The predicted molar refractivity (Wildman–Crippen MR) is 96.0 cm³/mol. The van der Waals surface area contributed by atoms with Crippen molar-refractivity contribution in [3.05, 3.63) is 47.1 Å². The Kier molecular flexibility index (Phi) is 6.94. The molecule has 0 bridgehead atoms. The Morgan fingerprint density at radius 2 is 2.04 bits per heavy atom. The average Bonchev–Trinajstić information content (AvgIpc) is 2.85. The Morgan fingerprint density at radius 3 is 2.69 bits per heavy atom. The summed E-state index contributed by atoms with van der Waals surface area (Å²) in [4.78, 5) is 24.3. The molecule has 26 heavy (non-hydrogen) atoms. The molecule has 0 amide bonds. The molecule has 0 spiro atoms. The number of hydrogen-bond donors (Lipinski definition) is 2. The predicted octanol–water partition coefficient (Wildman–Crippen LogP) is 1.98. The molecule has 1 aliphatic carbocycles. The summed E-state index contributed by atoms with van der Waals surface area (Å²) < 4.78 is 11.0. The van der Waals surface area contributed by atoms with Crippen LogP contribution in [-0.2, 0) is 19.1 Å². The van der Waals surface area contributed by atoms with E-state index >= 15 is 0 Å². The number of carbonyl (C=O) groups is 2. The van der Waals surface area contributed by atoms with E-state index in [9.17, 15) is 9.59 Å². The first-order chi connectivity index (χ1) is 12.3. The lowest BCUT2D eigenvalue weighted by Gasteiger charge is -2.27. The fourth-order valence-electron chi connectivity index (χ4n) is 3.22. The molecule has 6 nitrogen and oxygen atoms in total. The first kappa shape index (κ1) is 20.1. The third kappa shape index (κ3) is 4.93. The molecular formula is C20H26O6. The molecule has 0 saturated carbocycles. The van der Waals surface area contributed by atoms with Crippen LogP contribution in [0.15, 0.2) is 47.1 Å². The maximum absolute atomic E-state index is 12.2. The second-order valence-electron chi connectivity index (χ2n) is 6.82. The number of esters is 2. The van der Waals surface area contributed by atoms with Crippen LogP contribution in [0.2, 0.25) is 0 Å². The summed E-state index contributed by atoms with van der Waals surface area (Å²) in [5, 5.41) is 18.2. The SMILES string of the molecule is C=C1C(=O)O[C@@H]2C=C(C)CC/C=C(\C)C[C@@H](OC(=O)C=C(CO)CO)[C@@H]12. The molecule has 1 heterocycles. The average molecular weight is 362 g/mol. The molecule has 0 aromatic heterocycles. The van der Waals surface area contributed by atoms with Gasteiger partial charge in [0, 0.05) is 18.1 Å². The molecule has 0 aromatic carbocycles. The number of carbonyl (C=O) groups excluding carboxylic acids is 2. The fourth-order valence-corrected chi connectivity index (χ4v) is 3.22. The van der Waals surface area contributed by atoms with Gasteiger partial charge in [0.05, 0.1) is 19.1 Å². The Morgan fingerprint density at radius 1 is 1.35 bits per heavy atom. The van der Waals surface area contributed by atoms with Gasteiger partial charge in [-0.25, -0.2) is 9.59 Å². The van der Waals surface area contributed by atoms with Crippen molar-refractivity contribution < 1.29 is 29.3 Å². The van der Waals surface area contributed by atoms with Gasteiger partial charge in [-0.2, -0.15) is 0 Å². The van der Waals surface area contributed by atoms with Gasteiger partial charge in [0.15, 0.2) is 0 Å². The number of aliphatic hydroxyl groups is 2. The van der Waals surface area contributed by atoms with E-state index in [-0.39, 0.29) is 5.57 Å². The van der Waals surface area contributed by atoms with E-state index < -0.39 is 43.3 Å². The molecule has 0 radical (unpaired) electrons. The van der Waals surface area contributed by atoms with Crippen LogP contribution >= 0.6 is 0 Å². The van der Waals surface area contributed by atoms with Crippen molar-refractivity contribution in [2.75, 3.05) is 13.2 Å². The van der Waals surface area contributed by atoms with Crippen LogP contribution in [0.25, 0.3) is 0 Å². The molecule has 3 atom stereocenters. The Bertz CT molecular complexity index is 664. The number of aliphatic hydroxyl groups excluding tert-OH is 2. The van der Waals surface area contributed by atoms with E-state index in [0.717, 1.165) is 30.1 Å². The third-order valence-electron chi connectivity index (χ3n) is 4.66. The van der Waals surface area contributed by atoms with Crippen LogP contribution in [-0.4, -0.2) is 47.6 Å². The lowest BCUT2D eigenvalue weighted by atomic mass is 9.85. The quantitative estimate of drug-likeness (QED) is 0.451. The summed E-state index contributed by atoms with van der Waals surface area (Å²) in [7, 11) is 0. The molecule has 1 aliphatic heterocycles. The maximum Gasteiger partial charge on any atom is 0.334 e. The number of rotatable bonds is 4. The lowest BCUT2D eigenvalue weighted by Crippen LogP contribution is -2.33. The minimum absolute atomic E-state index is 0.159. The highest BCUT2D eigenvalue weighted by Gasteiger charge is 2.44. The van der Waals surface area contributed by atoms with E-state index in [1.807, 2.05) is 19.9 Å². The van der Waals surface area contributed by atoms with Crippen LogP contribution < -0.4 is 0 Å². The zero-order chi connectivity index (χ0) is 19.3. The minimum atomic E-state index is -0.676. The molecular weight excluding hydrogens is 336 g/mol. The first-order valence-corrected chi connectivity index (χ1v) is 8.70. The van der Waals surface area contributed by atoms with Crippen LogP contribution in [0, 0.1) is 5.92 Å². The van der Waals surface area contributed by atoms with E-state index in [0.29, 0.717) is 12.0 Å². The topological polar surface area (TPSA) is 93.1 Å². The molecule has 142 valence electrons. The van der Waals surface area contributed by atoms with Crippen molar-refractivity contribution in [2.24, 2.45) is 5.92 Å². The van der Waals surface area contributed by atoms with E-state index in [4.69, 9.17) is 19.7 Å². The fraction of sp³-hybridized carbons (Fsp3) is 0.500. The molecule has 2 aliphatic rings. The second kappa shape index (κ2) is 8.96. The van der Waals surface area contributed by atoms with Gasteiger partial charge in [0.2, 0.25) is 0 Å². The molecule has 0 aromatic rings. The van der Waals surface area contributed by atoms with Crippen LogP contribution in [0.3, 0.4) is 0 Å². The Hall–Kier alpha value is -2.18. The molecule has 0 unspecified atom stereocenters. The van der Waals surface area contributed by atoms with Gasteiger partial charge in [-0.05, 0) is 38.3 Å². The maximum atomic E-state index is 12.2. The van der Waals surface area contributed by atoms with Crippen molar-refractivity contribution >= 4 is 11.9 Å². The zero-order valence-corrected chi connectivity index (χ0v) is 15.2. The van der Waals surface area contributed by atoms with Gasteiger partial charge in [-0.1, -0.05) is 23.8 Å². The molecule has 2 N–H and O–H groups in total. The molecule has 1 saturated heterocycles. The summed E-state index contributed by atoms with van der Waals surface area (Å²) >= 11 is 0. The first-order valence-electron chi connectivity index (χ1n) is 8.70. The third-order valence-corrected chi connectivity index (χ3v) is 4.66. The van der Waals surface area contributed by atoms with E-state index in [1.165, 1.54) is 0 Å². The summed E-state index contributed by atoms with van der Waals surface area (Å²) in [5.41, 5.74) is 2.60. The van der Waals surface area contributed by atoms with Crippen molar-refractivity contribution in [3.8, 4) is 0 Å². The summed E-state index contributed by atoms with van der Waals surface area (Å²) in [6.45, 7) is 6.91. The normalized spacial score (nSPS) is 28.2. The summed E-state index contributed by atoms with van der Waals surface area (Å²) in [5.74, 6) is -1.62. The summed E-state index contributed by atoms with van der Waals surface area (Å²) in [6.07, 6.45) is 6.12. The minimum Gasteiger partial charge on any atom is -0.458 e. The van der Waals surface area contributed by atoms with Crippen molar-refractivity contribution in [2.45, 2.75) is 45.3 Å². The second-order valence-corrected chi connectivity index (χ2v) is 6.82. The molecule has 1 fully saturated rings. The van der Waals surface area contributed by atoms with Gasteiger partial charge < -0.3 is 19.7 Å². The van der Waals surface area contributed by atoms with Crippen molar-refractivity contribution in [1.29, 1.82) is 0 Å². The highest BCUT2D eigenvalue weighted by Crippen LogP contribution is 2.36. The van der Waals surface area contributed by atoms with Crippen LogP contribution in [0.1, 0.15) is 33.1 Å². The standard InChI is InChI=1S/C20H26O6/c1-12-5-4-6-13(2)8-17-19(14(3)20(24)26-17)16(7-12)25-18(23)9-15(10-21)11-22/h5,8-9,16-17,19,21-22H,3-4,6-7,10-11H2,1-2H3/b12-5+,13-8?/t16-,17-,19-/m1/s1. The number of ether oxygens (including phenoxy) is 2. The zero-order valence-electron chi connectivity index (χ0n) is 15.2. The largest absolute Gasteiger partial charge is 0.458 e. The molecule has 6 heteroatoms. The summed E-state index contributed by atoms with van der Waals surface area (Å²) in [6, 6.07) is 0. The monoisotopic (exact) mass is 362 g/mol. The highest BCUT2D eigenvalue weighted by molar-refractivity contribution is 5.91. The Balaban J connectivity index is 2.33.